The molecule has 1 saturated heterocycles. The van der Waals surface area contributed by atoms with Crippen LogP contribution in [0.3, 0.4) is 0 Å². The van der Waals surface area contributed by atoms with Gasteiger partial charge in [0.25, 0.3) is 11.6 Å². The first-order chi connectivity index (χ1) is 13.4. The van der Waals surface area contributed by atoms with Crippen molar-refractivity contribution in [3.05, 3.63) is 51.2 Å². The lowest BCUT2D eigenvalue weighted by atomic mass is 10.1. The van der Waals surface area contributed by atoms with Crippen LogP contribution in [0.1, 0.15) is 23.2 Å². The Kier molecular flexibility index (Phi) is 6.22. The molecule has 3 rings (SSSR count). The number of aromatic nitrogens is 1. The van der Waals surface area contributed by atoms with Gasteiger partial charge in [-0.15, -0.1) is 0 Å². The zero-order valence-electron chi connectivity index (χ0n) is 14.7. The summed E-state index contributed by atoms with van der Waals surface area (Å²) in [4.78, 5) is 36.8. The Labute approximate surface area is 164 Å². The van der Waals surface area contributed by atoms with Gasteiger partial charge in [0.1, 0.15) is 12.8 Å². The van der Waals surface area contributed by atoms with Crippen LogP contribution < -0.4 is 5.32 Å². The molecule has 148 valence electrons. The molecule has 1 N–H and O–H groups in total. The molecule has 10 nitrogen and oxygen atoms in total. The van der Waals surface area contributed by atoms with Gasteiger partial charge < -0.3 is 19.5 Å². The van der Waals surface area contributed by atoms with E-state index in [1.165, 1.54) is 29.4 Å². The van der Waals surface area contributed by atoms with Crippen molar-refractivity contribution in [3.8, 4) is 0 Å². The van der Waals surface area contributed by atoms with Crippen molar-refractivity contribution in [2.45, 2.75) is 18.9 Å². The van der Waals surface area contributed by atoms with E-state index in [1.54, 1.807) is 0 Å². The van der Waals surface area contributed by atoms with Gasteiger partial charge in [0.2, 0.25) is 5.91 Å². The standard InChI is InChI=1S/C17H17ClN4O6/c18-14-8-11(22(25)26)3-4-13(14)17(24)21(9-12-2-1-6-27-12)10-16(23)19-15-5-7-28-20-15/h3-5,7-8,12H,1-2,6,9-10H2,(H,19,20,23). The van der Waals surface area contributed by atoms with Crippen LogP contribution in [0.5, 0.6) is 0 Å². The van der Waals surface area contributed by atoms with Crippen LogP contribution in [-0.4, -0.2) is 52.6 Å². The largest absolute Gasteiger partial charge is 0.376 e. The number of halogens is 1. The zero-order valence-corrected chi connectivity index (χ0v) is 15.4. The number of nitrogens with zero attached hydrogens (tertiary/aromatic N) is 3. The lowest BCUT2D eigenvalue weighted by molar-refractivity contribution is -0.384. The van der Waals surface area contributed by atoms with E-state index in [0.717, 1.165) is 18.9 Å². The number of ether oxygens (including phenoxy) is 1. The van der Waals surface area contributed by atoms with Gasteiger partial charge in [-0.05, 0) is 18.9 Å². The first kappa shape index (κ1) is 19.8. The third-order valence-corrected chi connectivity index (χ3v) is 4.48. The second-order valence-corrected chi connectivity index (χ2v) is 6.58. The van der Waals surface area contributed by atoms with Gasteiger partial charge in [-0.3, -0.25) is 19.7 Å². The van der Waals surface area contributed by atoms with E-state index in [-0.39, 0.29) is 41.3 Å². The van der Waals surface area contributed by atoms with Gasteiger partial charge in [0, 0.05) is 31.4 Å². The first-order valence-corrected chi connectivity index (χ1v) is 8.87. The molecule has 2 heterocycles. The summed E-state index contributed by atoms with van der Waals surface area (Å²) < 4.78 is 10.2. The highest BCUT2D eigenvalue weighted by Gasteiger charge is 2.27. The van der Waals surface area contributed by atoms with Crippen LogP contribution in [0, 0.1) is 10.1 Å². The Balaban J connectivity index is 1.77. The van der Waals surface area contributed by atoms with Gasteiger partial charge >= 0.3 is 0 Å². The molecule has 1 atom stereocenters. The van der Waals surface area contributed by atoms with E-state index in [1.807, 2.05) is 0 Å². The third kappa shape index (κ3) is 4.84. The molecule has 0 bridgehead atoms. The number of non-ortho nitro benzene ring substituents is 1. The molecule has 0 radical (unpaired) electrons. The minimum atomic E-state index is -0.602. The van der Waals surface area contributed by atoms with Crippen LogP contribution >= 0.6 is 11.6 Å². The highest BCUT2D eigenvalue weighted by molar-refractivity contribution is 6.34. The molecule has 0 saturated carbocycles. The van der Waals surface area contributed by atoms with Crippen molar-refractivity contribution < 1.29 is 23.8 Å². The van der Waals surface area contributed by atoms with E-state index in [0.29, 0.717) is 6.61 Å². The van der Waals surface area contributed by atoms with Crippen LogP contribution in [-0.2, 0) is 9.53 Å². The molecular weight excluding hydrogens is 392 g/mol. The molecular formula is C17H17ClN4O6. The SMILES string of the molecule is O=C(CN(CC1CCCO1)C(=O)c1ccc([N+](=O)[O-])cc1Cl)Nc1ccon1. The van der Waals surface area contributed by atoms with Gasteiger partial charge in [0.15, 0.2) is 5.82 Å². The maximum absolute atomic E-state index is 13.0. The molecule has 28 heavy (non-hydrogen) atoms. The number of anilines is 1. The van der Waals surface area contributed by atoms with Crippen molar-refractivity contribution in [1.29, 1.82) is 0 Å². The van der Waals surface area contributed by atoms with E-state index >= 15 is 0 Å². The molecule has 1 aromatic heterocycles. The molecule has 1 fully saturated rings. The molecule has 11 heteroatoms. The molecule has 1 unspecified atom stereocenters. The monoisotopic (exact) mass is 408 g/mol. The van der Waals surface area contributed by atoms with Crippen LogP contribution in [0.25, 0.3) is 0 Å². The van der Waals surface area contributed by atoms with Crippen LogP contribution in [0.2, 0.25) is 5.02 Å². The minimum absolute atomic E-state index is 0.0616. The van der Waals surface area contributed by atoms with E-state index in [9.17, 15) is 19.7 Å². The highest BCUT2D eigenvalue weighted by atomic mass is 35.5. The Morgan fingerprint density at radius 3 is 2.82 bits per heavy atom. The number of amides is 2. The van der Waals surface area contributed by atoms with E-state index in [4.69, 9.17) is 16.3 Å². The van der Waals surface area contributed by atoms with Crippen molar-refractivity contribution >= 4 is 34.9 Å². The number of hydrogen-bond donors (Lipinski definition) is 1. The average Bonchev–Trinajstić information content (AvgIpc) is 3.34. The number of hydrogen-bond acceptors (Lipinski definition) is 7. The smallest absolute Gasteiger partial charge is 0.270 e. The maximum atomic E-state index is 13.0. The quantitative estimate of drug-likeness (QED) is 0.550. The summed E-state index contributed by atoms with van der Waals surface area (Å²) in [6, 6.07) is 5.05. The van der Waals surface area contributed by atoms with E-state index in [2.05, 4.69) is 15.0 Å². The predicted octanol–water partition coefficient (Wildman–Crippen LogP) is 2.50. The fourth-order valence-electron chi connectivity index (χ4n) is 2.85. The fraction of sp³-hybridized carbons (Fsp3) is 0.353. The topological polar surface area (TPSA) is 128 Å². The van der Waals surface area contributed by atoms with Crippen LogP contribution in [0.4, 0.5) is 11.5 Å². The van der Waals surface area contributed by atoms with Gasteiger partial charge in [-0.2, -0.15) is 0 Å². The molecule has 2 amide bonds. The van der Waals surface area contributed by atoms with Gasteiger partial charge in [-0.1, -0.05) is 16.8 Å². The highest BCUT2D eigenvalue weighted by Crippen LogP contribution is 2.24. The number of nitro groups is 1. The molecule has 0 spiro atoms. The molecule has 1 aliphatic rings. The molecule has 1 aromatic carbocycles. The Bertz CT molecular complexity index is 867. The van der Waals surface area contributed by atoms with Crippen LogP contribution in [0.15, 0.2) is 35.1 Å². The summed E-state index contributed by atoms with van der Waals surface area (Å²) >= 11 is 6.07. The Morgan fingerprint density at radius 2 is 2.21 bits per heavy atom. The Morgan fingerprint density at radius 1 is 1.39 bits per heavy atom. The van der Waals surface area contributed by atoms with E-state index < -0.39 is 16.7 Å². The summed E-state index contributed by atoms with van der Waals surface area (Å²) in [5.74, 6) is -0.771. The normalized spacial score (nSPS) is 16.0. The summed E-state index contributed by atoms with van der Waals surface area (Å²) in [5.41, 5.74) is -0.157. The number of carbonyl (C=O) groups is 2. The maximum Gasteiger partial charge on any atom is 0.270 e. The fourth-order valence-corrected chi connectivity index (χ4v) is 3.10. The number of nitrogens with one attached hydrogen (secondary N) is 1. The summed E-state index contributed by atoms with van der Waals surface area (Å²) in [6.45, 7) is 0.521. The van der Waals surface area contributed by atoms with Gasteiger partial charge in [0.05, 0.1) is 21.6 Å². The first-order valence-electron chi connectivity index (χ1n) is 8.49. The number of benzene rings is 1. The second kappa shape index (κ2) is 8.81. The van der Waals surface area contributed by atoms with Crippen molar-refractivity contribution in [2.24, 2.45) is 0 Å². The summed E-state index contributed by atoms with van der Waals surface area (Å²) in [7, 11) is 0. The van der Waals surface area contributed by atoms with Crippen molar-refractivity contribution in [3.63, 3.8) is 0 Å². The number of carbonyl (C=O) groups excluding carboxylic acids is 2. The summed E-state index contributed by atoms with van der Waals surface area (Å²) in [5, 5.41) is 16.9. The second-order valence-electron chi connectivity index (χ2n) is 6.17. The average molecular weight is 409 g/mol. The lowest BCUT2D eigenvalue weighted by Crippen LogP contribution is -2.42. The predicted molar refractivity (Wildman–Crippen MR) is 98.1 cm³/mol. The lowest BCUT2D eigenvalue weighted by Gasteiger charge is -2.25. The zero-order chi connectivity index (χ0) is 20.1. The van der Waals surface area contributed by atoms with Crippen molar-refractivity contribution in [2.75, 3.05) is 25.0 Å². The molecule has 1 aliphatic heterocycles. The molecule has 0 aliphatic carbocycles. The third-order valence-electron chi connectivity index (χ3n) is 4.17. The Hall–Kier alpha value is -2.98. The summed E-state index contributed by atoms with van der Waals surface area (Å²) in [6.07, 6.45) is 2.75. The number of rotatable bonds is 7. The number of nitro benzene ring substituents is 1. The molecule has 2 aromatic rings. The van der Waals surface area contributed by atoms with Crippen molar-refractivity contribution in [1.82, 2.24) is 10.1 Å². The van der Waals surface area contributed by atoms with Gasteiger partial charge in [-0.25, -0.2) is 0 Å². The minimum Gasteiger partial charge on any atom is -0.376 e.